The van der Waals surface area contributed by atoms with Crippen LogP contribution in [-0.4, -0.2) is 23.4 Å². The fraction of sp³-hybridized carbons (Fsp3) is 0.111. The van der Waals surface area contributed by atoms with E-state index in [0.29, 0.717) is 0 Å². The Hall–Kier alpha value is -2.05. The van der Waals surface area contributed by atoms with Gasteiger partial charge in [0.25, 0.3) is 0 Å². The van der Waals surface area contributed by atoms with Gasteiger partial charge in [0, 0.05) is 0 Å². The molecule has 0 aliphatic carbocycles. The molecule has 4 nitrogen and oxygen atoms in total. The van der Waals surface area contributed by atoms with Crippen molar-refractivity contribution >= 4 is 11.9 Å². The second kappa shape index (κ2) is 4.21. The van der Waals surface area contributed by atoms with Crippen LogP contribution in [0, 0.1) is 0 Å². The number of carboxylic acids is 1. The lowest BCUT2D eigenvalue weighted by atomic mass is 10.1. The highest BCUT2D eigenvalue weighted by Gasteiger charge is 2.34. The van der Waals surface area contributed by atoms with Gasteiger partial charge >= 0.3 is 18.3 Å². The minimum Gasteiger partial charge on any atom is -0.478 e. The standard InChI is InChI=1S/C9H5F3O4/c10-9(11,12)16-8(15)6-3-1-2-5(4-6)7(13)14/h1-4H,(H,13,14). The quantitative estimate of drug-likeness (QED) is 0.795. The number of carboxylic acid groups (broad SMARTS) is 1. The molecule has 1 aromatic carbocycles. The maximum absolute atomic E-state index is 11.7. The Bertz CT molecular complexity index is 425. The minimum absolute atomic E-state index is 0.295. The van der Waals surface area contributed by atoms with Crippen LogP contribution in [0.4, 0.5) is 13.2 Å². The van der Waals surface area contributed by atoms with Crippen molar-refractivity contribution in [2.75, 3.05) is 0 Å². The Kier molecular flexibility index (Phi) is 3.17. The van der Waals surface area contributed by atoms with Crippen LogP contribution in [0.3, 0.4) is 0 Å². The van der Waals surface area contributed by atoms with Crippen molar-refractivity contribution in [1.29, 1.82) is 0 Å². The number of ether oxygens (including phenoxy) is 1. The first-order valence-corrected chi connectivity index (χ1v) is 3.93. The van der Waals surface area contributed by atoms with E-state index in [0.717, 1.165) is 24.3 Å². The van der Waals surface area contributed by atoms with E-state index in [9.17, 15) is 22.8 Å². The summed E-state index contributed by atoms with van der Waals surface area (Å²) in [5.74, 6) is -2.99. The predicted octanol–water partition coefficient (Wildman–Crippen LogP) is 2.06. The number of esters is 1. The number of carbonyl (C=O) groups is 2. The molecular formula is C9H5F3O4. The van der Waals surface area contributed by atoms with Crippen molar-refractivity contribution < 1.29 is 32.6 Å². The average Bonchev–Trinajstić information content (AvgIpc) is 2.15. The molecule has 1 aromatic rings. The molecule has 86 valence electrons. The van der Waals surface area contributed by atoms with E-state index < -0.39 is 23.9 Å². The Labute approximate surface area is 87.3 Å². The summed E-state index contributed by atoms with van der Waals surface area (Å²) in [5, 5.41) is 8.55. The van der Waals surface area contributed by atoms with Crippen molar-refractivity contribution in [1.82, 2.24) is 0 Å². The third-order valence-corrected chi connectivity index (χ3v) is 1.55. The second-order valence-corrected chi connectivity index (χ2v) is 2.72. The van der Waals surface area contributed by atoms with E-state index in [1.807, 2.05) is 0 Å². The molecule has 0 saturated carbocycles. The smallest absolute Gasteiger partial charge is 0.478 e. The fourth-order valence-corrected chi connectivity index (χ4v) is 0.943. The molecule has 1 N–H and O–H groups in total. The molecule has 0 bridgehead atoms. The summed E-state index contributed by atoms with van der Waals surface area (Å²) in [7, 11) is 0. The van der Waals surface area contributed by atoms with Gasteiger partial charge in [-0.25, -0.2) is 9.59 Å². The molecule has 1 rings (SSSR count). The van der Waals surface area contributed by atoms with E-state index in [-0.39, 0.29) is 5.56 Å². The highest BCUT2D eigenvalue weighted by Crippen LogP contribution is 2.19. The SMILES string of the molecule is O=C(O)c1cccc(C(=O)OC(F)(F)F)c1. The van der Waals surface area contributed by atoms with Gasteiger partial charge in [-0.2, -0.15) is 0 Å². The number of aromatic carboxylic acids is 1. The van der Waals surface area contributed by atoms with Gasteiger partial charge in [0.2, 0.25) is 0 Å². The summed E-state index contributed by atoms with van der Waals surface area (Å²) in [5.41, 5.74) is -0.770. The molecule has 0 spiro atoms. The molecule has 0 radical (unpaired) electrons. The molecule has 0 amide bonds. The van der Waals surface area contributed by atoms with Gasteiger partial charge in [-0.1, -0.05) is 6.07 Å². The second-order valence-electron chi connectivity index (χ2n) is 2.72. The molecule has 0 atom stereocenters. The van der Waals surface area contributed by atoms with Crippen molar-refractivity contribution in [3.05, 3.63) is 35.4 Å². The Morgan fingerprint density at radius 2 is 1.75 bits per heavy atom. The number of hydrogen-bond acceptors (Lipinski definition) is 3. The predicted molar refractivity (Wildman–Crippen MR) is 44.9 cm³/mol. The molecule has 0 unspecified atom stereocenters. The third kappa shape index (κ3) is 3.26. The molecule has 16 heavy (non-hydrogen) atoms. The van der Waals surface area contributed by atoms with Gasteiger partial charge in [-0.3, -0.25) is 0 Å². The Morgan fingerprint density at radius 3 is 2.25 bits per heavy atom. The number of alkyl halides is 3. The Morgan fingerprint density at radius 1 is 1.19 bits per heavy atom. The van der Waals surface area contributed by atoms with Crippen molar-refractivity contribution in [3.63, 3.8) is 0 Å². The highest BCUT2D eigenvalue weighted by atomic mass is 19.4. The first-order valence-electron chi connectivity index (χ1n) is 3.93. The van der Waals surface area contributed by atoms with Crippen LogP contribution in [-0.2, 0) is 4.74 Å². The Balaban J connectivity index is 2.92. The fourth-order valence-electron chi connectivity index (χ4n) is 0.943. The summed E-state index contributed by atoms with van der Waals surface area (Å²) in [6, 6.07) is 4.13. The first-order chi connectivity index (χ1) is 7.29. The van der Waals surface area contributed by atoms with Crippen LogP contribution >= 0.6 is 0 Å². The lowest BCUT2D eigenvalue weighted by molar-refractivity contribution is -0.291. The summed E-state index contributed by atoms with van der Waals surface area (Å²) in [6.45, 7) is 0. The topological polar surface area (TPSA) is 63.6 Å². The van der Waals surface area contributed by atoms with Gasteiger partial charge in [0.1, 0.15) is 0 Å². The van der Waals surface area contributed by atoms with Gasteiger partial charge in [0.05, 0.1) is 11.1 Å². The van der Waals surface area contributed by atoms with E-state index in [1.54, 1.807) is 0 Å². The number of rotatable bonds is 2. The van der Waals surface area contributed by atoms with E-state index in [1.165, 1.54) is 0 Å². The molecule has 0 fully saturated rings. The largest absolute Gasteiger partial charge is 0.575 e. The van der Waals surface area contributed by atoms with E-state index >= 15 is 0 Å². The normalized spacial score (nSPS) is 10.9. The van der Waals surface area contributed by atoms with Crippen LogP contribution in [0.1, 0.15) is 20.7 Å². The average molecular weight is 234 g/mol. The molecule has 0 heterocycles. The first kappa shape index (κ1) is 12.0. The van der Waals surface area contributed by atoms with E-state index in [4.69, 9.17) is 5.11 Å². The maximum Gasteiger partial charge on any atom is 0.575 e. The van der Waals surface area contributed by atoms with Crippen molar-refractivity contribution in [2.45, 2.75) is 6.36 Å². The molecule has 0 saturated heterocycles. The van der Waals surface area contributed by atoms with E-state index in [2.05, 4.69) is 4.74 Å². The lowest BCUT2D eigenvalue weighted by Gasteiger charge is -2.07. The summed E-state index contributed by atoms with van der Waals surface area (Å²) in [6.07, 6.45) is -5.09. The molecule has 7 heteroatoms. The summed E-state index contributed by atoms with van der Waals surface area (Å²) >= 11 is 0. The zero-order valence-electron chi connectivity index (χ0n) is 7.62. The zero-order valence-corrected chi connectivity index (χ0v) is 7.62. The number of benzene rings is 1. The summed E-state index contributed by atoms with van der Waals surface area (Å²) < 4.78 is 38.2. The third-order valence-electron chi connectivity index (χ3n) is 1.55. The molecule has 0 aliphatic rings. The van der Waals surface area contributed by atoms with Gasteiger partial charge in [0.15, 0.2) is 0 Å². The lowest BCUT2D eigenvalue weighted by Crippen LogP contribution is -2.19. The van der Waals surface area contributed by atoms with Crippen LogP contribution in [0.25, 0.3) is 0 Å². The van der Waals surface area contributed by atoms with Crippen molar-refractivity contribution in [2.24, 2.45) is 0 Å². The molecular weight excluding hydrogens is 229 g/mol. The summed E-state index contributed by atoms with van der Waals surface area (Å²) in [4.78, 5) is 21.4. The van der Waals surface area contributed by atoms with Crippen LogP contribution in [0.2, 0.25) is 0 Å². The molecule has 0 aliphatic heterocycles. The number of halogens is 3. The van der Waals surface area contributed by atoms with Crippen LogP contribution < -0.4 is 0 Å². The maximum atomic E-state index is 11.7. The van der Waals surface area contributed by atoms with Gasteiger partial charge in [-0.05, 0) is 18.2 Å². The van der Waals surface area contributed by atoms with Crippen molar-refractivity contribution in [3.8, 4) is 0 Å². The number of carbonyl (C=O) groups excluding carboxylic acids is 1. The highest BCUT2D eigenvalue weighted by molar-refractivity contribution is 5.94. The molecule has 0 aromatic heterocycles. The van der Waals surface area contributed by atoms with Gasteiger partial charge in [-0.15, -0.1) is 13.2 Å². The minimum atomic E-state index is -5.09. The van der Waals surface area contributed by atoms with Crippen LogP contribution in [0.15, 0.2) is 24.3 Å². The zero-order chi connectivity index (χ0) is 12.3. The van der Waals surface area contributed by atoms with Gasteiger partial charge < -0.3 is 9.84 Å². The number of hydrogen-bond donors (Lipinski definition) is 1. The van der Waals surface area contributed by atoms with Crippen LogP contribution in [0.5, 0.6) is 0 Å². The monoisotopic (exact) mass is 234 g/mol.